The molecule has 1 N–H and O–H groups in total. The fourth-order valence-corrected chi connectivity index (χ4v) is 6.19. The van der Waals surface area contributed by atoms with E-state index in [-0.39, 0.29) is 5.91 Å². The zero-order valence-electron chi connectivity index (χ0n) is 20.3. The number of nitrogens with zero attached hydrogens (tertiary/aromatic N) is 1. The molecule has 3 aromatic rings. The van der Waals surface area contributed by atoms with Crippen molar-refractivity contribution in [3.8, 4) is 5.75 Å². The van der Waals surface area contributed by atoms with Gasteiger partial charge in [-0.3, -0.25) is 4.79 Å². The van der Waals surface area contributed by atoms with Gasteiger partial charge in [0, 0.05) is 24.7 Å². The van der Waals surface area contributed by atoms with Crippen molar-refractivity contribution in [3.05, 3.63) is 94.5 Å². The number of hydrogen-bond acceptors (Lipinski definition) is 4. The van der Waals surface area contributed by atoms with E-state index in [0.29, 0.717) is 53.2 Å². The van der Waals surface area contributed by atoms with Crippen LogP contribution in [0.4, 0.5) is 0 Å². The lowest BCUT2D eigenvalue weighted by Crippen LogP contribution is -2.38. The van der Waals surface area contributed by atoms with Crippen LogP contribution in [0.3, 0.4) is 0 Å². The van der Waals surface area contributed by atoms with Crippen LogP contribution < -0.4 is 10.1 Å². The molecular weight excluding hydrogens is 496 g/mol. The number of benzene rings is 3. The minimum Gasteiger partial charge on any atom is -0.496 e. The van der Waals surface area contributed by atoms with Gasteiger partial charge < -0.3 is 10.1 Å². The number of hydrogen-bond donors (Lipinski definition) is 1. The molecule has 1 saturated heterocycles. The predicted molar refractivity (Wildman–Crippen MR) is 142 cm³/mol. The van der Waals surface area contributed by atoms with Crippen molar-refractivity contribution >= 4 is 27.5 Å². The van der Waals surface area contributed by atoms with Gasteiger partial charge in [-0.1, -0.05) is 54.1 Å². The Labute approximate surface area is 218 Å². The number of rotatable bonds is 9. The Bertz CT molecular complexity index is 1270. The molecule has 3 aromatic carbocycles. The largest absolute Gasteiger partial charge is 0.496 e. The zero-order chi connectivity index (χ0) is 25.5. The first-order chi connectivity index (χ1) is 17.4. The minimum atomic E-state index is -3.52. The van der Waals surface area contributed by atoms with Crippen LogP contribution in [0.25, 0.3) is 0 Å². The van der Waals surface area contributed by atoms with E-state index in [1.54, 1.807) is 46.8 Å². The molecule has 0 saturated carbocycles. The Balaban J connectivity index is 1.29. The number of carbonyl (C=O) groups excluding carboxylic acids is 1. The van der Waals surface area contributed by atoms with E-state index in [2.05, 4.69) is 17.4 Å². The maximum absolute atomic E-state index is 13.2. The van der Waals surface area contributed by atoms with Gasteiger partial charge in [-0.2, -0.15) is 4.31 Å². The Morgan fingerprint density at radius 1 is 1.00 bits per heavy atom. The molecule has 0 atom stereocenters. The van der Waals surface area contributed by atoms with E-state index in [1.165, 1.54) is 12.7 Å². The predicted octanol–water partition coefficient (Wildman–Crippen LogP) is 4.96. The average Bonchev–Trinajstić information content (AvgIpc) is 2.90. The maximum Gasteiger partial charge on any atom is 0.255 e. The lowest BCUT2D eigenvalue weighted by Gasteiger charge is -2.31. The van der Waals surface area contributed by atoms with Gasteiger partial charge in [0.1, 0.15) is 5.75 Å². The second kappa shape index (κ2) is 11.9. The molecule has 0 bridgehead atoms. The van der Waals surface area contributed by atoms with Crippen LogP contribution in [0, 0.1) is 5.92 Å². The molecular formula is C28H31ClN2O4S. The maximum atomic E-state index is 13.2. The smallest absolute Gasteiger partial charge is 0.255 e. The molecule has 190 valence electrons. The molecule has 1 fully saturated rings. The van der Waals surface area contributed by atoms with Crippen LogP contribution >= 0.6 is 11.6 Å². The zero-order valence-corrected chi connectivity index (χ0v) is 21.9. The third kappa shape index (κ3) is 6.46. The van der Waals surface area contributed by atoms with Crippen LogP contribution in [0.2, 0.25) is 5.02 Å². The third-order valence-electron chi connectivity index (χ3n) is 6.61. The molecule has 36 heavy (non-hydrogen) atoms. The highest BCUT2D eigenvalue weighted by Gasteiger charge is 2.29. The van der Waals surface area contributed by atoms with Gasteiger partial charge in [0.25, 0.3) is 5.91 Å². The van der Waals surface area contributed by atoms with Gasteiger partial charge in [0.2, 0.25) is 10.0 Å². The highest BCUT2D eigenvalue weighted by Crippen LogP contribution is 2.26. The normalized spacial score (nSPS) is 14.9. The van der Waals surface area contributed by atoms with Crippen molar-refractivity contribution in [2.24, 2.45) is 5.92 Å². The standard InChI is InChI=1S/C28H31ClN2O4S/c1-35-27-12-9-24(29)20-26(27)28(32)30-16-13-21-7-10-25(11-8-21)36(33,34)31-17-14-23(15-18-31)19-22-5-3-2-4-6-22/h2-12,20,23H,13-19H2,1H3,(H,30,32). The third-order valence-corrected chi connectivity index (χ3v) is 8.76. The van der Waals surface area contributed by atoms with Gasteiger partial charge in [-0.15, -0.1) is 0 Å². The summed E-state index contributed by atoms with van der Waals surface area (Å²) in [4.78, 5) is 12.8. The number of sulfonamides is 1. The summed E-state index contributed by atoms with van der Waals surface area (Å²) in [6.45, 7) is 1.48. The topological polar surface area (TPSA) is 75.7 Å². The van der Waals surface area contributed by atoms with E-state index in [1.807, 2.05) is 18.2 Å². The average molecular weight is 527 g/mol. The Kier molecular flexibility index (Phi) is 8.67. The molecule has 1 heterocycles. The van der Waals surface area contributed by atoms with Crippen LogP contribution in [-0.4, -0.2) is 45.4 Å². The lowest BCUT2D eigenvalue weighted by molar-refractivity contribution is 0.0951. The van der Waals surface area contributed by atoms with Crippen molar-refractivity contribution in [2.75, 3.05) is 26.7 Å². The van der Waals surface area contributed by atoms with Gasteiger partial charge >= 0.3 is 0 Å². The first-order valence-electron chi connectivity index (χ1n) is 12.1. The van der Waals surface area contributed by atoms with E-state index >= 15 is 0 Å². The second-order valence-electron chi connectivity index (χ2n) is 9.03. The van der Waals surface area contributed by atoms with Crippen LogP contribution in [0.1, 0.15) is 34.3 Å². The van der Waals surface area contributed by atoms with Crippen molar-refractivity contribution < 1.29 is 17.9 Å². The van der Waals surface area contributed by atoms with Gasteiger partial charge in [0.05, 0.1) is 17.6 Å². The Morgan fingerprint density at radius 2 is 1.69 bits per heavy atom. The van der Waals surface area contributed by atoms with Crippen LogP contribution in [0.5, 0.6) is 5.75 Å². The Morgan fingerprint density at radius 3 is 2.36 bits per heavy atom. The summed E-state index contributed by atoms with van der Waals surface area (Å²) < 4.78 is 33.1. The molecule has 8 heteroatoms. The second-order valence-corrected chi connectivity index (χ2v) is 11.4. The molecule has 1 aliphatic heterocycles. The molecule has 0 aliphatic carbocycles. The van der Waals surface area contributed by atoms with Crippen LogP contribution in [-0.2, 0) is 22.9 Å². The molecule has 0 unspecified atom stereocenters. The number of carbonyl (C=O) groups is 1. The summed E-state index contributed by atoms with van der Waals surface area (Å²) in [5.74, 6) is 0.683. The number of halogens is 1. The molecule has 0 spiro atoms. The van der Waals surface area contributed by atoms with E-state index in [4.69, 9.17) is 16.3 Å². The highest BCUT2D eigenvalue weighted by atomic mass is 35.5. The van der Waals surface area contributed by atoms with Gasteiger partial charge in [-0.05, 0) is 73.1 Å². The first kappa shape index (κ1) is 26.2. The highest BCUT2D eigenvalue weighted by molar-refractivity contribution is 7.89. The number of nitrogens with one attached hydrogen (secondary N) is 1. The van der Waals surface area contributed by atoms with E-state index in [0.717, 1.165) is 24.8 Å². The molecule has 0 aromatic heterocycles. The molecule has 1 aliphatic rings. The minimum absolute atomic E-state index is 0.274. The van der Waals surface area contributed by atoms with Crippen molar-refractivity contribution in [1.82, 2.24) is 9.62 Å². The van der Waals surface area contributed by atoms with Gasteiger partial charge in [0.15, 0.2) is 0 Å². The quantitative estimate of drug-likeness (QED) is 0.427. The van der Waals surface area contributed by atoms with Crippen molar-refractivity contribution in [3.63, 3.8) is 0 Å². The van der Waals surface area contributed by atoms with E-state index in [9.17, 15) is 13.2 Å². The van der Waals surface area contributed by atoms with Crippen molar-refractivity contribution in [2.45, 2.75) is 30.6 Å². The summed E-state index contributed by atoms with van der Waals surface area (Å²) in [7, 11) is -2.02. The first-order valence-corrected chi connectivity index (χ1v) is 13.9. The molecule has 6 nitrogen and oxygen atoms in total. The number of piperidine rings is 1. The number of amides is 1. The number of methoxy groups -OCH3 is 1. The summed E-state index contributed by atoms with van der Waals surface area (Å²) in [5, 5.41) is 3.32. The lowest BCUT2D eigenvalue weighted by atomic mass is 9.91. The summed E-state index contributed by atoms with van der Waals surface area (Å²) >= 11 is 6.01. The fourth-order valence-electron chi connectivity index (χ4n) is 4.55. The summed E-state index contributed by atoms with van der Waals surface area (Å²) in [6, 6.07) is 22.2. The van der Waals surface area contributed by atoms with E-state index < -0.39 is 10.0 Å². The fraction of sp³-hybridized carbons (Fsp3) is 0.321. The monoisotopic (exact) mass is 526 g/mol. The summed E-state index contributed by atoms with van der Waals surface area (Å²) in [5.41, 5.74) is 2.62. The Hall–Kier alpha value is -2.87. The van der Waals surface area contributed by atoms with Crippen LogP contribution in [0.15, 0.2) is 77.7 Å². The molecule has 0 radical (unpaired) electrons. The SMILES string of the molecule is COc1ccc(Cl)cc1C(=O)NCCc1ccc(S(=O)(=O)N2CCC(Cc3ccccc3)CC2)cc1. The summed E-state index contributed by atoms with van der Waals surface area (Å²) in [6.07, 6.45) is 3.29. The van der Waals surface area contributed by atoms with Gasteiger partial charge in [-0.25, -0.2) is 8.42 Å². The molecule has 4 rings (SSSR count). The molecule has 1 amide bonds. The number of ether oxygens (including phenoxy) is 1. The van der Waals surface area contributed by atoms with Crippen molar-refractivity contribution in [1.29, 1.82) is 0 Å².